The zero-order valence-electron chi connectivity index (χ0n) is 10.6. The minimum Gasteiger partial charge on any atom is -0.288 e. The van der Waals surface area contributed by atoms with Crippen LogP contribution in [0.25, 0.3) is 0 Å². The Kier molecular flexibility index (Phi) is 2.77. The average molecular weight is 231 g/mol. The molecule has 2 rings (SSSR count). The van der Waals surface area contributed by atoms with Gasteiger partial charge < -0.3 is 0 Å². The van der Waals surface area contributed by atoms with Gasteiger partial charge in [0.05, 0.1) is 11.1 Å². The number of hydrogen-bond donors (Lipinski definition) is 1. The number of benzene rings is 1. The smallest absolute Gasteiger partial charge is 0.259 e. The molecule has 90 valence electrons. The molecule has 2 amide bonds. The molecule has 0 saturated heterocycles. The van der Waals surface area contributed by atoms with Gasteiger partial charge in [0.25, 0.3) is 11.8 Å². The Bertz CT molecular complexity index is 501. The van der Waals surface area contributed by atoms with Crippen LogP contribution in [0.1, 0.15) is 71.4 Å². The van der Waals surface area contributed by atoms with Crippen LogP contribution in [-0.2, 0) is 0 Å². The van der Waals surface area contributed by atoms with E-state index < -0.39 is 0 Å². The largest absolute Gasteiger partial charge is 0.288 e. The van der Waals surface area contributed by atoms with Gasteiger partial charge in [-0.2, -0.15) is 0 Å². The molecule has 0 atom stereocenters. The summed E-state index contributed by atoms with van der Waals surface area (Å²) in [5.74, 6) is 0.0543. The summed E-state index contributed by atoms with van der Waals surface area (Å²) in [5, 5.41) is 2.37. The quantitative estimate of drug-likeness (QED) is 0.795. The predicted octanol–water partition coefficient (Wildman–Crippen LogP) is 2.82. The highest BCUT2D eigenvalue weighted by atomic mass is 16.2. The summed E-state index contributed by atoms with van der Waals surface area (Å²) < 4.78 is 0. The summed E-state index contributed by atoms with van der Waals surface area (Å²) in [5.41, 5.74) is 3.27. The average Bonchev–Trinajstić information content (AvgIpc) is 2.53. The van der Waals surface area contributed by atoms with Crippen LogP contribution in [0, 0.1) is 0 Å². The van der Waals surface area contributed by atoms with Crippen molar-refractivity contribution in [1.29, 1.82) is 0 Å². The lowest BCUT2D eigenvalue weighted by molar-refractivity contribution is 0.0879. The third-order valence-electron chi connectivity index (χ3n) is 3.18. The van der Waals surface area contributed by atoms with Crippen molar-refractivity contribution < 1.29 is 9.59 Å². The van der Waals surface area contributed by atoms with Crippen LogP contribution < -0.4 is 5.32 Å². The summed E-state index contributed by atoms with van der Waals surface area (Å²) in [7, 11) is 0. The first kappa shape index (κ1) is 11.8. The van der Waals surface area contributed by atoms with Crippen LogP contribution >= 0.6 is 0 Å². The number of carbonyl (C=O) groups is 2. The van der Waals surface area contributed by atoms with Crippen LogP contribution in [0.2, 0.25) is 0 Å². The Morgan fingerprint density at radius 3 is 2.12 bits per heavy atom. The molecule has 0 radical (unpaired) electrons. The van der Waals surface area contributed by atoms with E-state index in [0.29, 0.717) is 17.0 Å². The summed E-state index contributed by atoms with van der Waals surface area (Å²) in [6, 6.07) is 3.73. The number of rotatable bonds is 2. The van der Waals surface area contributed by atoms with Gasteiger partial charge in [0, 0.05) is 0 Å². The second kappa shape index (κ2) is 3.99. The van der Waals surface area contributed by atoms with E-state index in [1.165, 1.54) is 0 Å². The molecule has 1 aliphatic rings. The van der Waals surface area contributed by atoms with Gasteiger partial charge in [-0.1, -0.05) is 33.8 Å². The predicted molar refractivity (Wildman–Crippen MR) is 66.4 cm³/mol. The molecule has 0 aliphatic carbocycles. The number of fused-ring (bicyclic) bond motifs is 1. The highest BCUT2D eigenvalue weighted by Gasteiger charge is 2.31. The van der Waals surface area contributed by atoms with Gasteiger partial charge in [-0.05, 0) is 29.0 Å². The maximum absolute atomic E-state index is 11.8. The van der Waals surface area contributed by atoms with E-state index in [1.54, 1.807) is 6.07 Å². The van der Waals surface area contributed by atoms with Crippen molar-refractivity contribution in [3.8, 4) is 0 Å². The lowest BCUT2D eigenvalue weighted by Gasteiger charge is -2.18. The Balaban J connectivity index is 2.75. The van der Waals surface area contributed by atoms with E-state index in [2.05, 4.69) is 33.0 Å². The van der Waals surface area contributed by atoms with E-state index in [9.17, 15) is 9.59 Å². The highest BCUT2D eigenvalue weighted by Crippen LogP contribution is 2.33. The van der Waals surface area contributed by atoms with Crippen molar-refractivity contribution >= 4 is 11.8 Å². The third kappa shape index (κ3) is 1.75. The van der Waals surface area contributed by atoms with Gasteiger partial charge in [-0.25, -0.2) is 0 Å². The van der Waals surface area contributed by atoms with Gasteiger partial charge >= 0.3 is 0 Å². The molecule has 3 nitrogen and oxygen atoms in total. The maximum atomic E-state index is 11.8. The molecule has 1 heterocycles. The van der Waals surface area contributed by atoms with Gasteiger partial charge in [0.1, 0.15) is 0 Å². The molecule has 17 heavy (non-hydrogen) atoms. The van der Waals surface area contributed by atoms with Crippen molar-refractivity contribution in [2.24, 2.45) is 0 Å². The first-order chi connectivity index (χ1) is 7.93. The Morgan fingerprint density at radius 2 is 1.59 bits per heavy atom. The van der Waals surface area contributed by atoms with E-state index >= 15 is 0 Å². The molecule has 3 heteroatoms. The van der Waals surface area contributed by atoms with Crippen LogP contribution in [0.4, 0.5) is 0 Å². The Labute approximate surface area is 101 Å². The molecule has 1 aliphatic heterocycles. The molecule has 0 saturated carbocycles. The second-order valence-corrected chi connectivity index (χ2v) is 5.08. The van der Waals surface area contributed by atoms with Gasteiger partial charge in [0.15, 0.2) is 0 Å². The maximum Gasteiger partial charge on any atom is 0.259 e. The zero-order chi connectivity index (χ0) is 12.7. The van der Waals surface area contributed by atoms with E-state index in [1.807, 2.05) is 6.07 Å². The number of imide groups is 1. The lowest BCUT2D eigenvalue weighted by atomic mass is 9.85. The van der Waals surface area contributed by atoms with E-state index in [4.69, 9.17) is 0 Å². The lowest BCUT2D eigenvalue weighted by Crippen LogP contribution is -2.20. The number of nitrogens with one attached hydrogen (secondary N) is 1. The molecule has 0 spiro atoms. The number of hydrogen-bond acceptors (Lipinski definition) is 2. The van der Waals surface area contributed by atoms with Crippen LogP contribution in [-0.4, -0.2) is 11.8 Å². The fraction of sp³-hybridized carbons (Fsp3) is 0.429. The van der Waals surface area contributed by atoms with Crippen molar-refractivity contribution in [1.82, 2.24) is 5.32 Å². The molecular formula is C14H17NO2. The van der Waals surface area contributed by atoms with Crippen LogP contribution in [0.3, 0.4) is 0 Å². The van der Waals surface area contributed by atoms with Gasteiger partial charge in [-0.3, -0.25) is 14.9 Å². The monoisotopic (exact) mass is 231 g/mol. The van der Waals surface area contributed by atoms with Crippen molar-refractivity contribution in [3.63, 3.8) is 0 Å². The van der Waals surface area contributed by atoms with E-state index in [-0.39, 0.29) is 17.7 Å². The van der Waals surface area contributed by atoms with Gasteiger partial charge in [-0.15, -0.1) is 0 Å². The molecule has 0 fully saturated rings. The summed E-state index contributed by atoms with van der Waals surface area (Å²) in [4.78, 5) is 23.4. The summed E-state index contributed by atoms with van der Waals surface area (Å²) in [6.45, 7) is 8.31. The molecular weight excluding hydrogens is 214 g/mol. The normalized spacial score (nSPS) is 14.5. The third-order valence-corrected chi connectivity index (χ3v) is 3.18. The molecule has 1 aromatic carbocycles. The summed E-state index contributed by atoms with van der Waals surface area (Å²) in [6.07, 6.45) is 0. The topological polar surface area (TPSA) is 46.2 Å². The minimum atomic E-state index is -0.276. The van der Waals surface area contributed by atoms with Crippen LogP contribution in [0.15, 0.2) is 12.1 Å². The molecule has 0 aromatic heterocycles. The first-order valence-corrected chi connectivity index (χ1v) is 5.96. The van der Waals surface area contributed by atoms with Crippen molar-refractivity contribution in [2.75, 3.05) is 0 Å². The Morgan fingerprint density at radius 1 is 0.941 bits per heavy atom. The van der Waals surface area contributed by atoms with Gasteiger partial charge in [0.2, 0.25) is 0 Å². The Hall–Kier alpha value is -1.64. The highest BCUT2D eigenvalue weighted by molar-refractivity contribution is 6.22. The minimum absolute atomic E-state index is 0.235. The zero-order valence-corrected chi connectivity index (χ0v) is 10.6. The molecule has 1 aromatic rings. The van der Waals surface area contributed by atoms with Crippen molar-refractivity contribution in [3.05, 3.63) is 34.4 Å². The summed E-state index contributed by atoms with van der Waals surface area (Å²) >= 11 is 0. The first-order valence-electron chi connectivity index (χ1n) is 5.96. The number of amides is 2. The number of carbonyl (C=O) groups excluding carboxylic acids is 2. The second-order valence-electron chi connectivity index (χ2n) is 5.08. The van der Waals surface area contributed by atoms with Crippen LogP contribution in [0.5, 0.6) is 0 Å². The SMILES string of the molecule is CC(C)c1ccc2c(c1C(C)C)C(=O)NC2=O. The van der Waals surface area contributed by atoms with E-state index in [0.717, 1.165) is 11.1 Å². The fourth-order valence-electron chi connectivity index (χ4n) is 2.43. The molecule has 1 N–H and O–H groups in total. The van der Waals surface area contributed by atoms with Crippen molar-refractivity contribution in [2.45, 2.75) is 39.5 Å². The standard InChI is InChI=1S/C14H17NO2/c1-7(2)9-5-6-10-12(11(9)8(3)4)14(17)15-13(10)16/h5-8H,1-4H3,(H,15,16,17). The molecule has 0 unspecified atom stereocenters. The molecule has 0 bridgehead atoms. The fourth-order valence-corrected chi connectivity index (χ4v) is 2.43.